The number of aromatic nitrogens is 2. The van der Waals surface area contributed by atoms with Gasteiger partial charge in [-0.1, -0.05) is 193 Å². The molecule has 0 aliphatic rings. The maximum absolute atomic E-state index is 6.95. The number of hydrogen-bond acceptors (Lipinski definition) is 4. The van der Waals surface area contributed by atoms with Gasteiger partial charge in [0, 0.05) is 85.2 Å². The SMILES string of the molecule is Cc1ccc2c(c1)c1cc(C)ccc1n2-c1cccc2c1sc1ccc(-c3cccc4oc5c(-c6ccc(-c7ccc8c(c7)c7cc(-c9ccccc9)ccc7n8-c7cccc8c7sc7ccc(-c9cccc%10c9oc9ccccc9%10)cc78)cc6)cccc5c34)cc12. The normalized spacial score (nSPS) is 12.2. The highest BCUT2D eigenvalue weighted by Gasteiger charge is 2.23. The Bertz CT molecular complexity index is 6460. The van der Waals surface area contributed by atoms with Gasteiger partial charge in [-0.25, -0.2) is 0 Å². The number of nitrogens with zero attached hydrogens (tertiary/aromatic N) is 2. The summed E-state index contributed by atoms with van der Waals surface area (Å²) in [5, 5.41) is 14.5. The molecule has 0 unspecified atom stereocenters. The van der Waals surface area contributed by atoms with Crippen molar-refractivity contribution >= 4 is 151 Å². The summed E-state index contributed by atoms with van der Waals surface area (Å²) in [6.45, 7) is 4.37. The Balaban J connectivity index is 0.670. The van der Waals surface area contributed by atoms with Crippen molar-refractivity contribution in [1.29, 1.82) is 0 Å². The summed E-state index contributed by atoms with van der Waals surface area (Å²) >= 11 is 3.75. The van der Waals surface area contributed by atoms with Gasteiger partial charge in [-0.15, -0.1) is 22.7 Å². The third kappa shape index (κ3) is 7.63. The van der Waals surface area contributed by atoms with Crippen molar-refractivity contribution in [3.8, 4) is 67.0 Å². The summed E-state index contributed by atoms with van der Waals surface area (Å²) in [5.41, 5.74) is 24.8. The van der Waals surface area contributed by atoms with E-state index in [1.165, 1.54) is 123 Å². The molecule has 4 nitrogen and oxygen atoms in total. The third-order valence-electron chi connectivity index (χ3n) is 19.5. The fourth-order valence-corrected chi connectivity index (χ4v) is 17.5. The van der Waals surface area contributed by atoms with Crippen LogP contribution in [-0.4, -0.2) is 9.13 Å². The van der Waals surface area contributed by atoms with Crippen LogP contribution in [0.3, 0.4) is 0 Å². The van der Waals surface area contributed by atoms with Crippen molar-refractivity contribution in [3.63, 3.8) is 0 Å². The van der Waals surface area contributed by atoms with Gasteiger partial charge in [0.15, 0.2) is 0 Å². The molecule has 0 bridgehead atoms. The van der Waals surface area contributed by atoms with Crippen LogP contribution >= 0.6 is 22.7 Å². The van der Waals surface area contributed by atoms with Crippen LogP contribution in [-0.2, 0) is 0 Å². The number of para-hydroxylation sites is 3. The molecule has 430 valence electrons. The van der Waals surface area contributed by atoms with E-state index in [2.05, 4.69) is 296 Å². The summed E-state index contributed by atoms with van der Waals surface area (Å²) in [4.78, 5) is 0. The van der Waals surface area contributed by atoms with E-state index in [1.807, 2.05) is 28.7 Å². The Labute approximate surface area is 535 Å². The number of thiophene rings is 2. The first kappa shape index (κ1) is 51.6. The monoisotopic (exact) mass is 1210 g/mol. The molecule has 0 N–H and O–H groups in total. The molecule has 0 saturated heterocycles. The maximum Gasteiger partial charge on any atom is 0.143 e. The average molecular weight is 1210 g/mol. The molecular weight excluding hydrogens is 1160 g/mol. The Kier molecular flexibility index (Phi) is 11.0. The molecule has 0 saturated carbocycles. The maximum atomic E-state index is 6.95. The number of benzene rings is 14. The van der Waals surface area contributed by atoms with E-state index in [9.17, 15) is 0 Å². The minimum atomic E-state index is 0.879. The molecule has 6 aromatic heterocycles. The van der Waals surface area contributed by atoms with Crippen LogP contribution in [0.1, 0.15) is 11.1 Å². The zero-order valence-corrected chi connectivity index (χ0v) is 51.7. The van der Waals surface area contributed by atoms with Crippen LogP contribution in [0.25, 0.3) is 195 Å². The lowest BCUT2D eigenvalue weighted by Gasteiger charge is -2.10. The van der Waals surface area contributed by atoms with Gasteiger partial charge in [-0.05, 0) is 155 Å². The molecule has 0 amide bonds. The summed E-state index contributed by atoms with van der Waals surface area (Å²) in [6, 6.07) is 103. The van der Waals surface area contributed by atoms with Crippen LogP contribution in [0.2, 0.25) is 0 Å². The standard InChI is InChI=1S/C86H52N2O2S2/c1-49-27-37-72-66(43-49)67-44-50(2)28-38-73(67)87(72)76-23-10-20-63-70-47-56(35-41-80(70)91-85(63)76)58-16-12-26-79-82(58)65-22-9-17-59(84(65)90-79)53-31-29-52(30-32-53)55-34-40-75-69(46-55)68-45-54(51-13-4-3-5-14-51)33-39-74(68)88(75)77-24-11-21-64-71-48-57(36-42-81(71)92-86(64)77)60-18-8-19-62-61-15-6-7-25-78(61)89-83(60)62/h3-48H,1-2H3. The quantitative estimate of drug-likeness (QED) is 0.159. The fraction of sp³-hybridized carbons (Fsp3) is 0.0233. The third-order valence-corrected chi connectivity index (χ3v) is 21.9. The molecule has 0 aliphatic carbocycles. The predicted molar refractivity (Wildman–Crippen MR) is 392 cm³/mol. The van der Waals surface area contributed by atoms with E-state index in [0.29, 0.717) is 0 Å². The van der Waals surface area contributed by atoms with Crippen LogP contribution in [0.5, 0.6) is 0 Å². The highest BCUT2D eigenvalue weighted by Crippen LogP contribution is 2.48. The lowest BCUT2D eigenvalue weighted by atomic mass is 9.95. The van der Waals surface area contributed by atoms with E-state index in [4.69, 9.17) is 8.83 Å². The highest BCUT2D eigenvalue weighted by molar-refractivity contribution is 7.26. The zero-order chi connectivity index (χ0) is 60.4. The van der Waals surface area contributed by atoms with Crippen LogP contribution in [0.4, 0.5) is 0 Å². The van der Waals surface area contributed by atoms with Gasteiger partial charge in [0.2, 0.25) is 0 Å². The molecule has 0 radical (unpaired) electrons. The molecule has 6 heterocycles. The van der Waals surface area contributed by atoms with Gasteiger partial charge in [0.05, 0.1) is 42.8 Å². The Hall–Kier alpha value is -11.3. The Morgan fingerprint density at radius 3 is 1.30 bits per heavy atom. The summed E-state index contributed by atoms with van der Waals surface area (Å²) in [7, 11) is 0. The van der Waals surface area contributed by atoms with Crippen molar-refractivity contribution in [2.45, 2.75) is 13.8 Å². The van der Waals surface area contributed by atoms with Crippen molar-refractivity contribution in [2.75, 3.05) is 0 Å². The van der Waals surface area contributed by atoms with E-state index in [-0.39, 0.29) is 0 Å². The fourth-order valence-electron chi connectivity index (χ4n) is 15.2. The molecule has 6 heteroatoms. The summed E-state index contributed by atoms with van der Waals surface area (Å²) in [5.74, 6) is 0. The number of hydrogen-bond donors (Lipinski definition) is 0. The first-order chi connectivity index (χ1) is 45.4. The van der Waals surface area contributed by atoms with E-state index < -0.39 is 0 Å². The van der Waals surface area contributed by atoms with E-state index in [1.54, 1.807) is 0 Å². The van der Waals surface area contributed by atoms with Crippen LogP contribution in [0.15, 0.2) is 288 Å². The highest BCUT2D eigenvalue weighted by atomic mass is 32.1. The minimum Gasteiger partial charge on any atom is -0.455 e. The van der Waals surface area contributed by atoms with Crippen LogP contribution in [0, 0.1) is 13.8 Å². The number of furan rings is 2. The van der Waals surface area contributed by atoms with Crippen molar-refractivity contribution in [2.24, 2.45) is 0 Å². The van der Waals surface area contributed by atoms with Gasteiger partial charge in [-0.2, -0.15) is 0 Å². The minimum absolute atomic E-state index is 0.879. The van der Waals surface area contributed by atoms with Gasteiger partial charge >= 0.3 is 0 Å². The van der Waals surface area contributed by atoms with E-state index >= 15 is 0 Å². The number of fused-ring (bicyclic) bond motifs is 18. The molecule has 20 aromatic rings. The molecule has 20 rings (SSSR count). The van der Waals surface area contributed by atoms with Gasteiger partial charge < -0.3 is 18.0 Å². The predicted octanol–water partition coefficient (Wildman–Crippen LogP) is 25.4. The Morgan fingerprint density at radius 2 is 0.674 bits per heavy atom. The summed E-state index contributed by atoms with van der Waals surface area (Å²) in [6.07, 6.45) is 0. The van der Waals surface area contributed by atoms with Crippen LogP contribution < -0.4 is 0 Å². The zero-order valence-electron chi connectivity index (χ0n) is 50.1. The average Bonchev–Trinajstić information content (AvgIpc) is 1.66. The van der Waals surface area contributed by atoms with Gasteiger partial charge in [-0.3, -0.25) is 0 Å². The molecule has 92 heavy (non-hydrogen) atoms. The largest absolute Gasteiger partial charge is 0.455 e. The Morgan fingerprint density at radius 1 is 0.261 bits per heavy atom. The number of aryl methyl sites for hydroxylation is 2. The second kappa shape index (κ2) is 19.6. The van der Waals surface area contributed by atoms with Crippen molar-refractivity contribution in [3.05, 3.63) is 290 Å². The molecule has 0 fully saturated rings. The lowest BCUT2D eigenvalue weighted by molar-refractivity contribution is 0.669. The lowest BCUT2D eigenvalue weighted by Crippen LogP contribution is -1.94. The molecule has 0 aliphatic heterocycles. The number of rotatable bonds is 7. The van der Waals surface area contributed by atoms with Gasteiger partial charge in [0.25, 0.3) is 0 Å². The molecule has 14 aromatic carbocycles. The molecule has 0 atom stereocenters. The smallest absolute Gasteiger partial charge is 0.143 e. The van der Waals surface area contributed by atoms with Gasteiger partial charge in [0.1, 0.15) is 22.3 Å². The van der Waals surface area contributed by atoms with Crippen molar-refractivity contribution < 1.29 is 8.83 Å². The molecular formula is C86H52N2O2S2. The van der Waals surface area contributed by atoms with E-state index in [0.717, 1.165) is 82.8 Å². The van der Waals surface area contributed by atoms with Crippen molar-refractivity contribution in [1.82, 2.24) is 9.13 Å². The second-order valence-corrected chi connectivity index (χ2v) is 26.9. The first-order valence-electron chi connectivity index (χ1n) is 31.4. The summed E-state index contributed by atoms with van der Waals surface area (Å²) < 4.78 is 23.5. The topological polar surface area (TPSA) is 36.1 Å². The molecule has 0 spiro atoms. The first-order valence-corrected chi connectivity index (χ1v) is 33.1. The second-order valence-electron chi connectivity index (χ2n) is 24.8.